The number of benzene rings is 2. The van der Waals surface area contributed by atoms with E-state index in [-0.39, 0.29) is 30.1 Å². The van der Waals surface area contributed by atoms with Gasteiger partial charge in [-0.25, -0.2) is 8.42 Å². The van der Waals surface area contributed by atoms with Crippen LogP contribution in [0.5, 0.6) is 11.5 Å². The average Bonchev–Trinajstić information content (AvgIpc) is 3.15. The number of hydrogen-bond acceptors (Lipinski definition) is 5. The molecule has 0 spiro atoms. The maximum absolute atomic E-state index is 12.9. The van der Waals surface area contributed by atoms with Crippen molar-refractivity contribution in [3.05, 3.63) is 53.1 Å². The fraction of sp³-hybridized carbons (Fsp3) is 0.294. The van der Waals surface area contributed by atoms with E-state index in [4.69, 9.17) is 21.1 Å². The molecule has 0 aromatic heterocycles. The standard InChI is InChI=1S/C17H15ClO5S/c18-11-2-4-12(5-3-11)24(20,21)17-13(8-19)16(17)10-1-6-14-15(7-10)23-9-22-14/h1-7,13,16-17,19H,8-9H2/t13-,16-,17+/m0/s1. The third kappa shape index (κ3) is 2.46. The minimum atomic E-state index is -3.55. The molecule has 126 valence electrons. The van der Waals surface area contributed by atoms with Crippen LogP contribution in [-0.2, 0) is 9.84 Å². The minimum absolute atomic E-state index is 0.166. The van der Waals surface area contributed by atoms with Crippen molar-refractivity contribution in [1.29, 1.82) is 0 Å². The van der Waals surface area contributed by atoms with Crippen LogP contribution in [0.15, 0.2) is 47.4 Å². The van der Waals surface area contributed by atoms with Crippen molar-refractivity contribution in [2.45, 2.75) is 16.1 Å². The van der Waals surface area contributed by atoms with Gasteiger partial charge in [0.1, 0.15) is 0 Å². The highest BCUT2D eigenvalue weighted by molar-refractivity contribution is 7.92. The van der Waals surface area contributed by atoms with Gasteiger partial charge in [-0.2, -0.15) is 0 Å². The first kappa shape index (κ1) is 15.7. The molecule has 0 amide bonds. The number of aliphatic hydroxyl groups excluding tert-OH is 1. The van der Waals surface area contributed by atoms with Crippen LogP contribution in [0, 0.1) is 5.92 Å². The number of hydrogen-bond donors (Lipinski definition) is 1. The Morgan fingerprint density at radius 1 is 1.08 bits per heavy atom. The van der Waals surface area contributed by atoms with Gasteiger partial charge in [0.15, 0.2) is 21.3 Å². The van der Waals surface area contributed by atoms with Crippen LogP contribution in [0.2, 0.25) is 5.02 Å². The summed E-state index contributed by atoms with van der Waals surface area (Å²) in [7, 11) is -3.55. The molecule has 1 N–H and O–H groups in total. The monoisotopic (exact) mass is 366 g/mol. The predicted molar refractivity (Wildman–Crippen MR) is 88.3 cm³/mol. The summed E-state index contributed by atoms with van der Waals surface area (Å²) in [6.45, 7) is -0.0179. The zero-order valence-corrected chi connectivity index (χ0v) is 14.1. The van der Waals surface area contributed by atoms with Crippen molar-refractivity contribution >= 4 is 21.4 Å². The van der Waals surface area contributed by atoms with Gasteiger partial charge in [0, 0.05) is 23.5 Å². The molecule has 0 bridgehead atoms. The van der Waals surface area contributed by atoms with Gasteiger partial charge in [0.2, 0.25) is 6.79 Å². The molecule has 3 atom stereocenters. The Bertz CT molecular complexity index is 878. The van der Waals surface area contributed by atoms with Crippen LogP contribution in [0.1, 0.15) is 11.5 Å². The van der Waals surface area contributed by atoms with Crippen LogP contribution in [0.3, 0.4) is 0 Å². The maximum Gasteiger partial charge on any atom is 0.231 e. The Kier molecular flexibility index (Phi) is 3.71. The SMILES string of the molecule is O=S(=O)(c1ccc(Cl)cc1)[C@@H]1[C@@H](CO)[C@@H]1c1ccc2c(c1)OCO2. The van der Waals surface area contributed by atoms with Crippen LogP contribution in [0.4, 0.5) is 0 Å². The molecule has 1 heterocycles. The quantitative estimate of drug-likeness (QED) is 0.900. The minimum Gasteiger partial charge on any atom is -0.454 e. The number of halogens is 1. The Morgan fingerprint density at radius 2 is 1.79 bits per heavy atom. The fourth-order valence-electron chi connectivity index (χ4n) is 3.32. The van der Waals surface area contributed by atoms with Gasteiger partial charge in [-0.05, 0) is 42.0 Å². The smallest absolute Gasteiger partial charge is 0.231 e. The molecule has 1 aliphatic carbocycles. The molecule has 0 unspecified atom stereocenters. The Labute approximate surface area is 144 Å². The van der Waals surface area contributed by atoms with Crippen LogP contribution in [-0.4, -0.2) is 32.2 Å². The Hall–Kier alpha value is -1.76. The summed E-state index contributed by atoms with van der Waals surface area (Å²) in [6.07, 6.45) is 0. The summed E-state index contributed by atoms with van der Waals surface area (Å²) in [5, 5.41) is 9.45. The molecule has 0 saturated heterocycles. The molecule has 7 heteroatoms. The van der Waals surface area contributed by atoms with Gasteiger partial charge in [0.25, 0.3) is 0 Å². The molecule has 2 aromatic rings. The van der Waals surface area contributed by atoms with E-state index >= 15 is 0 Å². The van der Waals surface area contributed by atoms with E-state index in [1.807, 2.05) is 6.07 Å². The van der Waals surface area contributed by atoms with E-state index in [0.29, 0.717) is 16.5 Å². The third-order valence-corrected chi connectivity index (χ3v) is 7.13. The van der Waals surface area contributed by atoms with Gasteiger partial charge < -0.3 is 14.6 Å². The lowest BCUT2D eigenvalue weighted by molar-refractivity contribution is 0.174. The molecule has 0 radical (unpaired) electrons. The lowest BCUT2D eigenvalue weighted by Gasteiger charge is -2.05. The summed E-state index contributed by atoms with van der Waals surface area (Å²) in [5.74, 6) is 0.673. The first-order valence-corrected chi connectivity index (χ1v) is 9.44. The maximum atomic E-state index is 12.9. The summed E-state index contributed by atoms with van der Waals surface area (Å²) >= 11 is 5.83. The van der Waals surface area contributed by atoms with Crippen molar-refractivity contribution in [2.75, 3.05) is 13.4 Å². The van der Waals surface area contributed by atoms with Gasteiger partial charge >= 0.3 is 0 Å². The molecule has 1 saturated carbocycles. The third-order valence-electron chi connectivity index (χ3n) is 4.59. The largest absolute Gasteiger partial charge is 0.454 e. The highest BCUT2D eigenvalue weighted by Crippen LogP contribution is 2.54. The fourth-order valence-corrected chi connectivity index (χ4v) is 5.65. The van der Waals surface area contributed by atoms with Gasteiger partial charge in [-0.3, -0.25) is 0 Å². The van der Waals surface area contributed by atoms with Crippen molar-refractivity contribution in [3.63, 3.8) is 0 Å². The van der Waals surface area contributed by atoms with E-state index < -0.39 is 15.1 Å². The van der Waals surface area contributed by atoms with E-state index in [1.54, 1.807) is 24.3 Å². The summed E-state index contributed by atoms with van der Waals surface area (Å²) in [5.41, 5.74) is 0.834. The van der Waals surface area contributed by atoms with Crippen LogP contribution in [0.25, 0.3) is 0 Å². The molecule has 4 rings (SSSR count). The molecular weight excluding hydrogens is 352 g/mol. The van der Waals surface area contributed by atoms with E-state index in [9.17, 15) is 13.5 Å². The van der Waals surface area contributed by atoms with Crippen LogP contribution >= 0.6 is 11.6 Å². The lowest BCUT2D eigenvalue weighted by atomic mass is 10.1. The zero-order valence-electron chi connectivity index (χ0n) is 12.6. The first-order chi connectivity index (χ1) is 11.5. The van der Waals surface area contributed by atoms with E-state index in [1.165, 1.54) is 12.1 Å². The average molecular weight is 367 g/mol. The van der Waals surface area contributed by atoms with E-state index in [2.05, 4.69) is 0 Å². The summed E-state index contributed by atoms with van der Waals surface area (Å²) in [4.78, 5) is 0.221. The number of aliphatic hydroxyl groups is 1. The number of rotatable bonds is 4. The predicted octanol–water partition coefficient (Wildman–Crippen LogP) is 2.62. The topological polar surface area (TPSA) is 72.8 Å². The number of fused-ring (bicyclic) bond motifs is 1. The highest BCUT2D eigenvalue weighted by atomic mass is 35.5. The second-order valence-corrected chi connectivity index (χ2v) is 8.49. The molecule has 1 fully saturated rings. The Morgan fingerprint density at radius 3 is 2.50 bits per heavy atom. The second-order valence-electron chi connectivity index (χ2n) is 5.95. The Balaban J connectivity index is 1.67. The molecule has 5 nitrogen and oxygen atoms in total. The lowest BCUT2D eigenvalue weighted by Crippen LogP contribution is -2.11. The normalized spacial score (nSPS) is 24.8. The summed E-state index contributed by atoms with van der Waals surface area (Å²) in [6, 6.07) is 11.5. The van der Waals surface area contributed by atoms with Gasteiger partial charge in [-0.15, -0.1) is 0 Å². The molecular formula is C17H15ClO5S. The highest BCUT2D eigenvalue weighted by Gasteiger charge is 2.58. The van der Waals surface area contributed by atoms with Crippen molar-refractivity contribution in [1.82, 2.24) is 0 Å². The molecule has 24 heavy (non-hydrogen) atoms. The number of sulfone groups is 1. The van der Waals surface area contributed by atoms with Gasteiger partial charge in [-0.1, -0.05) is 17.7 Å². The summed E-state index contributed by atoms with van der Waals surface area (Å²) < 4.78 is 36.4. The van der Waals surface area contributed by atoms with E-state index in [0.717, 1.165) is 5.56 Å². The van der Waals surface area contributed by atoms with Crippen molar-refractivity contribution in [3.8, 4) is 11.5 Å². The molecule has 2 aliphatic rings. The zero-order chi connectivity index (χ0) is 16.9. The van der Waals surface area contributed by atoms with Crippen LogP contribution < -0.4 is 9.47 Å². The van der Waals surface area contributed by atoms with Gasteiger partial charge in [0.05, 0.1) is 10.1 Å². The first-order valence-electron chi connectivity index (χ1n) is 7.52. The van der Waals surface area contributed by atoms with Crippen molar-refractivity contribution in [2.24, 2.45) is 5.92 Å². The molecule has 2 aromatic carbocycles. The second kappa shape index (κ2) is 5.65. The molecule has 1 aliphatic heterocycles. The number of ether oxygens (including phenoxy) is 2. The van der Waals surface area contributed by atoms with Crippen molar-refractivity contribution < 1.29 is 23.0 Å².